The molecule has 1 saturated heterocycles. The molecule has 1 N–H and O–H groups in total. The van der Waals surface area contributed by atoms with Crippen LogP contribution in [0, 0.1) is 12.8 Å². The molecule has 0 aromatic heterocycles. The highest BCUT2D eigenvalue weighted by Crippen LogP contribution is 2.58. The van der Waals surface area contributed by atoms with Crippen LogP contribution in [0.5, 0.6) is 11.5 Å². The van der Waals surface area contributed by atoms with Gasteiger partial charge >= 0.3 is 17.9 Å². The summed E-state index contributed by atoms with van der Waals surface area (Å²) in [5.41, 5.74) is 5.32. The van der Waals surface area contributed by atoms with Crippen LogP contribution in [-0.2, 0) is 33.3 Å². The average molecular weight is 573 g/mol. The standard InChI is InChI=1S/C32H44O9/c1-14(2)12-22-13-16(4)23-11-10-15(3)24-26(23)25(22)17(5)28(27(24)36)41-32-31(40-21(9)35)30(39-20(8)34)29(18(6)37-32)38-19(7)33/h12,15-16,18,22-23,29-32,36H,10-11,13H2,1-9H3/t15-,16-,18-,22+,23+,29+,30+,31-,32-/m0/s1. The molecule has 1 fully saturated rings. The number of rotatable bonds is 6. The lowest BCUT2D eigenvalue weighted by Gasteiger charge is -2.45. The Bertz CT molecular complexity index is 1230. The zero-order valence-electron chi connectivity index (χ0n) is 25.6. The molecule has 0 unspecified atom stereocenters. The Balaban J connectivity index is 1.85. The fraction of sp³-hybridized carbons (Fsp3) is 0.656. The molecule has 0 spiro atoms. The van der Waals surface area contributed by atoms with E-state index in [9.17, 15) is 19.5 Å². The summed E-state index contributed by atoms with van der Waals surface area (Å²) < 4.78 is 29.2. The van der Waals surface area contributed by atoms with Crippen LogP contribution in [0.3, 0.4) is 0 Å². The van der Waals surface area contributed by atoms with Crippen LogP contribution < -0.4 is 4.74 Å². The Hall–Kier alpha value is -3.07. The number of esters is 3. The van der Waals surface area contributed by atoms with E-state index in [4.69, 9.17) is 23.7 Å². The molecule has 0 amide bonds. The zero-order chi connectivity index (χ0) is 30.3. The molecular weight excluding hydrogens is 528 g/mol. The van der Waals surface area contributed by atoms with Crippen LogP contribution in [0.1, 0.15) is 115 Å². The van der Waals surface area contributed by atoms with E-state index in [0.717, 1.165) is 30.4 Å². The van der Waals surface area contributed by atoms with E-state index >= 15 is 0 Å². The third-order valence-corrected chi connectivity index (χ3v) is 8.65. The predicted molar refractivity (Wildman–Crippen MR) is 151 cm³/mol. The molecule has 1 heterocycles. The van der Waals surface area contributed by atoms with Crippen LogP contribution >= 0.6 is 0 Å². The van der Waals surface area contributed by atoms with E-state index < -0.39 is 48.6 Å². The van der Waals surface area contributed by atoms with Crippen LogP contribution in [0.4, 0.5) is 0 Å². The Labute approximate surface area is 242 Å². The number of phenols is 1. The maximum atomic E-state index is 12.2. The van der Waals surface area contributed by atoms with Gasteiger partial charge in [-0.1, -0.05) is 25.5 Å². The molecule has 0 radical (unpaired) electrons. The van der Waals surface area contributed by atoms with Crippen molar-refractivity contribution < 1.29 is 43.2 Å². The van der Waals surface area contributed by atoms with Gasteiger partial charge in [0.15, 0.2) is 23.7 Å². The lowest BCUT2D eigenvalue weighted by molar-refractivity contribution is -0.280. The van der Waals surface area contributed by atoms with Gasteiger partial charge in [-0.25, -0.2) is 0 Å². The number of benzene rings is 1. The van der Waals surface area contributed by atoms with Gasteiger partial charge in [-0.2, -0.15) is 0 Å². The van der Waals surface area contributed by atoms with Crippen molar-refractivity contribution >= 4 is 17.9 Å². The van der Waals surface area contributed by atoms with Gasteiger partial charge in [-0.05, 0) is 81.4 Å². The number of carbonyl (C=O) groups excluding carboxylic acids is 3. The highest BCUT2D eigenvalue weighted by molar-refractivity contribution is 5.69. The largest absolute Gasteiger partial charge is 0.504 e. The molecule has 0 bridgehead atoms. The second-order valence-corrected chi connectivity index (χ2v) is 12.2. The smallest absolute Gasteiger partial charge is 0.303 e. The Morgan fingerprint density at radius 3 is 2.00 bits per heavy atom. The molecule has 1 aromatic carbocycles. The van der Waals surface area contributed by atoms with Crippen molar-refractivity contribution in [2.24, 2.45) is 5.92 Å². The van der Waals surface area contributed by atoms with Crippen LogP contribution in [0.15, 0.2) is 11.6 Å². The molecule has 226 valence electrons. The number of carbonyl (C=O) groups is 3. The molecule has 0 saturated carbocycles. The monoisotopic (exact) mass is 572 g/mol. The highest BCUT2D eigenvalue weighted by atomic mass is 16.7. The summed E-state index contributed by atoms with van der Waals surface area (Å²) in [4.78, 5) is 36.2. The fourth-order valence-corrected chi connectivity index (χ4v) is 7.12. The minimum atomic E-state index is -1.26. The van der Waals surface area contributed by atoms with E-state index in [1.807, 2.05) is 6.92 Å². The second-order valence-electron chi connectivity index (χ2n) is 12.2. The van der Waals surface area contributed by atoms with Gasteiger partial charge in [0.25, 0.3) is 0 Å². The Morgan fingerprint density at radius 1 is 0.829 bits per heavy atom. The topological polar surface area (TPSA) is 118 Å². The van der Waals surface area contributed by atoms with Gasteiger partial charge in [0.2, 0.25) is 12.4 Å². The van der Waals surface area contributed by atoms with E-state index in [2.05, 4.69) is 33.8 Å². The maximum absolute atomic E-state index is 12.2. The van der Waals surface area contributed by atoms with Crippen LogP contribution in [0.2, 0.25) is 0 Å². The Kier molecular flexibility index (Phi) is 9.07. The van der Waals surface area contributed by atoms with Crippen molar-refractivity contribution in [1.82, 2.24) is 0 Å². The quantitative estimate of drug-likeness (QED) is 0.261. The second kappa shape index (κ2) is 12.0. The number of hydrogen-bond donors (Lipinski definition) is 1. The molecule has 9 atom stereocenters. The molecule has 4 rings (SSSR count). The number of phenolic OH excluding ortho intramolecular Hbond substituents is 1. The third kappa shape index (κ3) is 6.10. The van der Waals surface area contributed by atoms with Gasteiger partial charge in [-0.3, -0.25) is 14.4 Å². The normalized spacial score (nSPS) is 32.3. The molecule has 41 heavy (non-hydrogen) atoms. The summed E-state index contributed by atoms with van der Waals surface area (Å²) >= 11 is 0. The number of aromatic hydroxyl groups is 1. The molecule has 9 nitrogen and oxygen atoms in total. The number of ether oxygens (including phenoxy) is 5. The van der Waals surface area contributed by atoms with Gasteiger partial charge in [0.05, 0.1) is 6.10 Å². The van der Waals surface area contributed by atoms with E-state index in [0.29, 0.717) is 11.8 Å². The molecular formula is C32H44O9. The molecule has 3 aliphatic rings. The summed E-state index contributed by atoms with van der Waals surface area (Å²) in [5.74, 6) is -0.475. The number of hydrogen-bond acceptors (Lipinski definition) is 9. The van der Waals surface area contributed by atoms with Gasteiger partial charge in [0, 0.05) is 32.3 Å². The van der Waals surface area contributed by atoms with E-state index in [-0.39, 0.29) is 23.3 Å². The van der Waals surface area contributed by atoms with Crippen LogP contribution in [-0.4, -0.2) is 53.7 Å². The summed E-state index contributed by atoms with van der Waals surface area (Å²) in [5, 5.41) is 11.8. The lowest BCUT2D eigenvalue weighted by atomic mass is 9.62. The molecule has 1 aromatic rings. The van der Waals surface area contributed by atoms with Crippen molar-refractivity contribution in [3.8, 4) is 11.5 Å². The minimum absolute atomic E-state index is 0.0625. The zero-order valence-corrected chi connectivity index (χ0v) is 25.6. The van der Waals surface area contributed by atoms with Gasteiger partial charge in [-0.15, -0.1) is 0 Å². The molecule has 1 aliphatic heterocycles. The van der Waals surface area contributed by atoms with E-state index in [1.54, 1.807) is 6.92 Å². The maximum Gasteiger partial charge on any atom is 0.303 e. The Morgan fingerprint density at radius 2 is 1.41 bits per heavy atom. The third-order valence-electron chi connectivity index (χ3n) is 8.65. The first-order valence-electron chi connectivity index (χ1n) is 14.6. The highest BCUT2D eigenvalue weighted by Gasteiger charge is 2.52. The molecule has 2 aliphatic carbocycles. The summed E-state index contributed by atoms with van der Waals surface area (Å²) in [7, 11) is 0. The SMILES string of the molecule is CC(=O)O[C@H]1[C@H](OC(C)=O)[C@H](Oc2c(C)c3c4c(c2O)[C@@H](C)CC[C@@H]4[C@@H](C)C[C@H]3C=C(C)C)O[C@@H](C)[C@H]1OC(C)=O. The van der Waals surface area contributed by atoms with Crippen molar-refractivity contribution in [1.29, 1.82) is 0 Å². The predicted octanol–water partition coefficient (Wildman–Crippen LogP) is 5.69. The first-order chi connectivity index (χ1) is 19.2. The van der Waals surface area contributed by atoms with Crippen LogP contribution in [0.25, 0.3) is 0 Å². The first-order valence-corrected chi connectivity index (χ1v) is 14.6. The fourth-order valence-electron chi connectivity index (χ4n) is 7.12. The first kappa shape index (κ1) is 30.9. The average Bonchev–Trinajstić information content (AvgIpc) is 2.84. The number of allylic oxidation sites excluding steroid dienone is 2. The van der Waals surface area contributed by atoms with E-state index in [1.165, 1.54) is 37.5 Å². The summed E-state index contributed by atoms with van der Waals surface area (Å²) in [6.45, 7) is 15.9. The van der Waals surface area contributed by atoms with Crippen molar-refractivity contribution in [3.63, 3.8) is 0 Å². The summed E-state index contributed by atoms with van der Waals surface area (Å²) in [6, 6.07) is 0. The van der Waals surface area contributed by atoms with Gasteiger partial charge in [0.1, 0.15) is 0 Å². The minimum Gasteiger partial charge on any atom is -0.504 e. The van der Waals surface area contributed by atoms with Crippen molar-refractivity contribution in [2.45, 2.75) is 130 Å². The van der Waals surface area contributed by atoms with Gasteiger partial charge < -0.3 is 28.8 Å². The lowest BCUT2D eigenvalue weighted by Crippen LogP contribution is -2.62. The summed E-state index contributed by atoms with van der Waals surface area (Å²) in [6.07, 6.45) is -0.204. The van der Waals surface area contributed by atoms with Crippen molar-refractivity contribution in [2.75, 3.05) is 0 Å². The molecule has 9 heteroatoms. The van der Waals surface area contributed by atoms with Crippen molar-refractivity contribution in [3.05, 3.63) is 33.9 Å².